The van der Waals surface area contributed by atoms with Gasteiger partial charge in [-0.15, -0.1) is 0 Å². The lowest BCUT2D eigenvalue weighted by atomic mass is 10.1. The third-order valence-electron chi connectivity index (χ3n) is 4.69. The van der Waals surface area contributed by atoms with Crippen LogP contribution < -0.4 is 15.5 Å². The SMILES string of the molecule is COC(=O)Nc1nc(-c2ccccc2)c(C2NCC(=O)N2c2ccccc2C)s1. The van der Waals surface area contributed by atoms with E-state index < -0.39 is 6.09 Å². The fourth-order valence-electron chi connectivity index (χ4n) is 3.33. The third kappa shape index (κ3) is 3.72. The molecule has 1 aromatic heterocycles. The molecule has 1 saturated heterocycles. The summed E-state index contributed by atoms with van der Waals surface area (Å²) >= 11 is 1.32. The Morgan fingerprint density at radius 3 is 2.66 bits per heavy atom. The first-order valence-corrected chi connectivity index (χ1v) is 9.92. The van der Waals surface area contributed by atoms with Crippen LogP contribution in [-0.2, 0) is 9.53 Å². The van der Waals surface area contributed by atoms with Crippen molar-refractivity contribution in [2.24, 2.45) is 0 Å². The Hall–Kier alpha value is -3.23. The molecule has 7 nitrogen and oxygen atoms in total. The van der Waals surface area contributed by atoms with E-state index >= 15 is 0 Å². The second kappa shape index (κ2) is 8.02. The van der Waals surface area contributed by atoms with E-state index in [0.29, 0.717) is 10.8 Å². The predicted molar refractivity (Wildman–Crippen MR) is 113 cm³/mol. The number of nitrogens with zero attached hydrogens (tertiary/aromatic N) is 2. The van der Waals surface area contributed by atoms with Gasteiger partial charge in [-0.05, 0) is 18.6 Å². The predicted octanol–water partition coefficient (Wildman–Crippen LogP) is 3.93. The Balaban J connectivity index is 1.81. The Bertz CT molecular complexity index is 1050. The van der Waals surface area contributed by atoms with Crippen molar-refractivity contribution >= 4 is 34.2 Å². The van der Waals surface area contributed by atoms with Gasteiger partial charge in [0.15, 0.2) is 5.13 Å². The van der Waals surface area contributed by atoms with E-state index in [0.717, 1.165) is 21.7 Å². The molecule has 0 spiro atoms. The van der Waals surface area contributed by atoms with Crippen LogP contribution in [0.25, 0.3) is 11.3 Å². The highest BCUT2D eigenvalue weighted by molar-refractivity contribution is 7.16. The molecule has 1 aliphatic rings. The van der Waals surface area contributed by atoms with Crippen molar-refractivity contribution in [2.45, 2.75) is 13.1 Å². The summed E-state index contributed by atoms with van der Waals surface area (Å²) in [6.07, 6.45) is -0.972. The van der Waals surface area contributed by atoms with Crippen LogP contribution in [0.5, 0.6) is 0 Å². The quantitative estimate of drug-likeness (QED) is 0.683. The van der Waals surface area contributed by atoms with Crippen molar-refractivity contribution in [1.82, 2.24) is 10.3 Å². The monoisotopic (exact) mass is 408 g/mol. The van der Waals surface area contributed by atoms with Crippen LogP contribution in [0, 0.1) is 6.92 Å². The lowest BCUT2D eigenvalue weighted by Gasteiger charge is -2.25. The molecule has 2 aromatic carbocycles. The molecule has 0 bridgehead atoms. The summed E-state index contributed by atoms with van der Waals surface area (Å²) < 4.78 is 4.69. The third-order valence-corrected chi connectivity index (χ3v) is 5.72. The van der Waals surface area contributed by atoms with Gasteiger partial charge in [-0.3, -0.25) is 20.3 Å². The van der Waals surface area contributed by atoms with E-state index in [4.69, 9.17) is 4.74 Å². The maximum absolute atomic E-state index is 12.7. The van der Waals surface area contributed by atoms with Gasteiger partial charge in [0.2, 0.25) is 5.91 Å². The number of amides is 2. The smallest absolute Gasteiger partial charge is 0.413 e. The zero-order valence-electron chi connectivity index (χ0n) is 16.0. The summed E-state index contributed by atoms with van der Waals surface area (Å²) in [7, 11) is 1.30. The number of methoxy groups -OCH3 is 1. The van der Waals surface area contributed by atoms with Crippen LogP contribution in [0.15, 0.2) is 54.6 Å². The highest BCUT2D eigenvalue weighted by Gasteiger charge is 2.37. The van der Waals surface area contributed by atoms with Gasteiger partial charge < -0.3 is 4.74 Å². The summed E-state index contributed by atoms with van der Waals surface area (Å²) in [5.74, 6) is -0.0146. The number of nitrogens with one attached hydrogen (secondary N) is 2. The molecular formula is C21H20N4O3S. The topological polar surface area (TPSA) is 83.6 Å². The minimum atomic E-state index is -0.587. The maximum atomic E-state index is 12.7. The number of benzene rings is 2. The zero-order valence-corrected chi connectivity index (χ0v) is 16.8. The molecule has 2 heterocycles. The number of hydrogen-bond acceptors (Lipinski definition) is 6. The molecule has 0 radical (unpaired) electrons. The normalized spacial score (nSPS) is 16.1. The Morgan fingerprint density at radius 2 is 1.93 bits per heavy atom. The molecule has 2 amide bonds. The van der Waals surface area contributed by atoms with Crippen LogP contribution in [0.4, 0.5) is 15.6 Å². The molecule has 1 unspecified atom stereocenters. The van der Waals surface area contributed by atoms with E-state index in [-0.39, 0.29) is 18.6 Å². The molecule has 1 aliphatic heterocycles. The molecule has 0 aliphatic carbocycles. The summed E-state index contributed by atoms with van der Waals surface area (Å²) in [5, 5.41) is 6.34. The average Bonchev–Trinajstić information content (AvgIpc) is 3.32. The van der Waals surface area contributed by atoms with E-state index in [1.54, 1.807) is 4.90 Å². The summed E-state index contributed by atoms with van der Waals surface area (Å²) in [5.41, 5.74) is 3.48. The van der Waals surface area contributed by atoms with Crippen molar-refractivity contribution in [3.8, 4) is 11.3 Å². The number of aromatic nitrogens is 1. The fourth-order valence-corrected chi connectivity index (χ4v) is 4.37. The van der Waals surface area contributed by atoms with Crippen LogP contribution >= 0.6 is 11.3 Å². The number of thiazole rings is 1. The standard InChI is InChI=1S/C21H20N4O3S/c1-13-8-6-7-11-15(13)25-16(26)12-22-19(25)18-17(14-9-4-3-5-10-14)23-20(29-18)24-21(27)28-2/h3-11,19,22H,12H2,1-2H3,(H,23,24,27). The van der Waals surface area contributed by atoms with Crippen LogP contribution in [0.2, 0.25) is 0 Å². The number of anilines is 2. The molecule has 8 heteroatoms. The molecule has 29 heavy (non-hydrogen) atoms. The highest BCUT2D eigenvalue weighted by atomic mass is 32.1. The van der Waals surface area contributed by atoms with E-state index in [1.807, 2.05) is 61.5 Å². The number of carbonyl (C=O) groups is 2. The van der Waals surface area contributed by atoms with Crippen molar-refractivity contribution in [3.05, 3.63) is 65.0 Å². The maximum Gasteiger partial charge on any atom is 0.413 e. The van der Waals surface area contributed by atoms with Gasteiger partial charge in [0.05, 0.1) is 24.2 Å². The van der Waals surface area contributed by atoms with Gasteiger partial charge in [0, 0.05) is 11.3 Å². The van der Waals surface area contributed by atoms with E-state index in [2.05, 4.69) is 15.6 Å². The molecular weight excluding hydrogens is 388 g/mol. The van der Waals surface area contributed by atoms with Crippen LogP contribution in [-0.4, -0.2) is 30.6 Å². The molecule has 4 rings (SSSR count). The minimum Gasteiger partial charge on any atom is -0.453 e. The second-order valence-electron chi connectivity index (χ2n) is 6.55. The van der Waals surface area contributed by atoms with E-state index in [9.17, 15) is 9.59 Å². The van der Waals surface area contributed by atoms with Gasteiger partial charge in [-0.1, -0.05) is 59.9 Å². The molecule has 2 N–H and O–H groups in total. The average molecular weight is 408 g/mol. The Labute approximate surface area is 172 Å². The molecule has 3 aromatic rings. The van der Waals surface area contributed by atoms with Crippen molar-refractivity contribution in [3.63, 3.8) is 0 Å². The molecule has 148 valence electrons. The van der Waals surface area contributed by atoms with Crippen molar-refractivity contribution in [2.75, 3.05) is 23.9 Å². The van der Waals surface area contributed by atoms with Crippen LogP contribution in [0.3, 0.4) is 0 Å². The lowest BCUT2D eigenvalue weighted by molar-refractivity contribution is -0.116. The summed E-state index contributed by atoms with van der Waals surface area (Å²) in [4.78, 5) is 31.7. The Morgan fingerprint density at radius 1 is 1.21 bits per heavy atom. The van der Waals surface area contributed by atoms with Crippen LogP contribution in [0.1, 0.15) is 16.6 Å². The number of carbonyl (C=O) groups excluding carboxylic acids is 2. The fraction of sp³-hybridized carbons (Fsp3) is 0.190. The number of ether oxygens (including phenoxy) is 1. The Kier molecular flexibility index (Phi) is 5.28. The minimum absolute atomic E-state index is 0.0146. The number of hydrogen-bond donors (Lipinski definition) is 2. The van der Waals surface area contributed by atoms with Gasteiger partial charge in [0.1, 0.15) is 6.17 Å². The summed E-state index contributed by atoms with van der Waals surface area (Å²) in [6, 6.07) is 17.5. The zero-order chi connectivity index (χ0) is 20.4. The van der Waals surface area contributed by atoms with Gasteiger partial charge in [0.25, 0.3) is 0 Å². The first-order valence-electron chi connectivity index (χ1n) is 9.10. The number of aryl methyl sites for hydroxylation is 1. The lowest BCUT2D eigenvalue weighted by Crippen LogP contribution is -2.30. The first-order chi connectivity index (χ1) is 14.1. The molecule has 0 saturated carbocycles. The number of rotatable bonds is 4. The molecule has 1 atom stereocenters. The van der Waals surface area contributed by atoms with E-state index in [1.165, 1.54) is 18.4 Å². The highest BCUT2D eigenvalue weighted by Crippen LogP contribution is 2.40. The number of para-hydroxylation sites is 1. The van der Waals surface area contributed by atoms with Gasteiger partial charge in [-0.2, -0.15) is 0 Å². The second-order valence-corrected chi connectivity index (χ2v) is 7.58. The van der Waals surface area contributed by atoms with Gasteiger partial charge >= 0.3 is 6.09 Å². The largest absolute Gasteiger partial charge is 0.453 e. The van der Waals surface area contributed by atoms with Gasteiger partial charge in [-0.25, -0.2) is 9.78 Å². The first kappa shape index (κ1) is 19.1. The molecule has 1 fully saturated rings. The summed E-state index contributed by atoms with van der Waals surface area (Å²) in [6.45, 7) is 2.21. The van der Waals surface area contributed by atoms with Crippen molar-refractivity contribution < 1.29 is 14.3 Å². The van der Waals surface area contributed by atoms with Crippen molar-refractivity contribution in [1.29, 1.82) is 0 Å².